The fourth-order valence-electron chi connectivity index (χ4n) is 5.46. The first-order chi connectivity index (χ1) is 19.1. The maximum absolute atomic E-state index is 15.9. The molecule has 0 aliphatic carbocycles. The van der Waals surface area contributed by atoms with Crippen molar-refractivity contribution >= 4 is 16.9 Å². The molecule has 0 unspecified atom stereocenters. The lowest BCUT2D eigenvalue weighted by atomic mass is 9.71. The Morgan fingerprint density at radius 1 is 1.15 bits per heavy atom. The highest BCUT2D eigenvalue weighted by Crippen LogP contribution is 2.43. The van der Waals surface area contributed by atoms with Crippen molar-refractivity contribution < 1.29 is 42.0 Å². The molecule has 11 heteroatoms. The number of hydrogen-bond donors (Lipinski definition) is 2. The second kappa shape index (κ2) is 12.8. The summed E-state index contributed by atoms with van der Waals surface area (Å²) in [5.41, 5.74) is 0.616. The number of halogens is 4. The molecule has 3 aromatic rings. The van der Waals surface area contributed by atoms with Gasteiger partial charge in [-0.2, -0.15) is 0 Å². The smallest absolute Gasteiger partial charge is 0.303 e. The van der Waals surface area contributed by atoms with Crippen LogP contribution in [0.25, 0.3) is 10.9 Å². The number of likely N-dealkylation sites (tertiary alicyclic amines) is 1. The van der Waals surface area contributed by atoms with E-state index in [1.165, 1.54) is 13.3 Å². The van der Waals surface area contributed by atoms with Gasteiger partial charge in [0.2, 0.25) is 0 Å². The molecule has 7 nitrogen and oxygen atoms in total. The number of hydrogen-bond acceptors (Lipinski definition) is 6. The number of benzene rings is 2. The Balaban J connectivity index is 1.41. The van der Waals surface area contributed by atoms with E-state index in [-0.39, 0.29) is 26.1 Å². The predicted molar refractivity (Wildman–Crippen MR) is 139 cm³/mol. The number of aliphatic carboxylic acids is 1. The number of methoxy groups -OCH3 is 1. The van der Waals surface area contributed by atoms with E-state index in [9.17, 15) is 28.2 Å². The van der Waals surface area contributed by atoms with Crippen LogP contribution >= 0.6 is 0 Å². The molecule has 1 aliphatic heterocycles. The van der Waals surface area contributed by atoms with Crippen molar-refractivity contribution in [2.75, 3.05) is 33.4 Å². The van der Waals surface area contributed by atoms with Crippen molar-refractivity contribution in [2.45, 2.75) is 44.9 Å². The van der Waals surface area contributed by atoms with E-state index < -0.39 is 40.8 Å². The van der Waals surface area contributed by atoms with Crippen LogP contribution in [-0.4, -0.2) is 59.4 Å². The highest BCUT2D eigenvalue weighted by Gasteiger charge is 2.37. The highest BCUT2D eigenvalue weighted by molar-refractivity contribution is 5.85. The van der Waals surface area contributed by atoms with Crippen molar-refractivity contribution in [1.29, 1.82) is 0 Å². The van der Waals surface area contributed by atoms with Gasteiger partial charge in [-0.15, -0.1) is 0 Å². The molecule has 40 heavy (non-hydrogen) atoms. The molecule has 0 radical (unpaired) electrons. The summed E-state index contributed by atoms with van der Waals surface area (Å²) in [4.78, 5) is 18.0. The van der Waals surface area contributed by atoms with Crippen molar-refractivity contribution in [3.05, 3.63) is 65.1 Å². The van der Waals surface area contributed by atoms with Crippen LogP contribution < -0.4 is 9.47 Å². The Kier molecular flexibility index (Phi) is 9.47. The number of aliphatic hydroxyl groups excluding tert-OH is 1. The molecule has 1 atom stereocenters. The summed E-state index contributed by atoms with van der Waals surface area (Å²) in [6.07, 6.45) is 1.23. The van der Waals surface area contributed by atoms with E-state index >= 15 is 4.39 Å². The number of aliphatic hydroxyl groups is 1. The summed E-state index contributed by atoms with van der Waals surface area (Å²) < 4.78 is 67.1. The number of carbonyl (C=O) groups is 1. The van der Waals surface area contributed by atoms with Gasteiger partial charge in [-0.25, -0.2) is 17.6 Å². The maximum Gasteiger partial charge on any atom is 0.303 e. The van der Waals surface area contributed by atoms with Crippen LogP contribution in [-0.2, 0) is 11.4 Å². The van der Waals surface area contributed by atoms with Crippen LogP contribution in [0.2, 0.25) is 0 Å². The van der Waals surface area contributed by atoms with Crippen molar-refractivity contribution in [2.24, 2.45) is 5.41 Å². The molecule has 0 spiro atoms. The number of aromatic nitrogens is 1. The molecule has 1 aliphatic rings. The summed E-state index contributed by atoms with van der Waals surface area (Å²) in [7, 11) is 1.50. The van der Waals surface area contributed by atoms with Gasteiger partial charge < -0.3 is 19.7 Å². The van der Waals surface area contributed by atoms with Crippen LogP contribution in [0.4, 0.5) is 17.6 Å². The first-order valence-corrected chi connectivity index (χ1v) is 13.1. The van der Waals surface area contributed by atoms with Gasteiger partial charge in [0.1, 0.15) is 24.3 Å². The van der Waals surface area contributed by atoms with E-state index in [1.54, 1.807) is 18.2 Å². The highest BCUT2D eigenvalue weighted by atomic mass is 19.1. The van der Waals surface area contributed by atoms with E-state index in [2.05, 4.69) is 4.98 Å². The summed E-state index contributed by atoms with van der Waals surface area (Å²) in [5, 5.41) is 20.0. The lowest BCUT2D eigenvalue weighted by Crippen LogP contribution is -2.42. The zero-order valence-electron chi connectivity index (χ0n) is 22.1. The Labute approximate surface area is 229 Å². The topological polar surface area (TPSA) is 92.1 Å². The number of ether oxygens (including phenoxy) is 2. The van der Waals surface area contributed by atoms with E-state index in [0.29, 0.717) is 78.8 Å². The zero-order valence-corrected chi connectivity index (χ0v) is 22.1. The van der Waals surface area contributed by atoms with Crippen molar-refractivity contribution in [3.8, 4) is 11.5 Å². The van der Waals surface area contributed by atoms with Crippen molar-refractivity contribution in [3.63, 3.8) is 0 Å². The fourth-order valence-corrected chi connectivity index (χ4v) is 5.46. The molecule has 1 aromatic heterocycles. The Hall–Kier alpha value is -3.44. The normalized spacial score (nSPS) is 16.1. The Morgan fingerprint density at radius 2 is 1.85 bits per heavy atom. The molecule has 2 N–H and O–H groups in total. The molecule has 1 fully saturated rings. The number of alkyl halides is 1. The van der Waals surface area contributed by atoms with Gasteiger partial charge in [0.15, 0.2) is 17.4 Å². The van der Waals surface area contributed by atoms with Gasteiger partial charge in [0.25, 0.3) is 0 Å². The standard InChI is InChI=1S/C29H32F4N2O5/c1-39-20-2-3-25-21(14-20)27(18(17-36)16-34-25)22(31)4-5-29(15-26(37)38)6-8-35(9-7-29)10-11-40-28-23(32)12-19(30)13-24(28)33/h2-3,12-14,16,22,36H,4-11,15,17H2,1H3,(H,37,38)/t22-/m0/s1. The minimum absolute atomic E-state index is 0.0412. The van der Waals surface area contributed by atoms with E-state index in [0.717, 1.165) is 0 Å². The molecular formula is C29H32F4N2O5. The molecule has 216 valence electrons. The van der Waals surface area contributed by atoms with Gasteiger partial charge in [0.05, 0.1) is 25.7 Å². The Morgan fingerprint density at radius 3 is 2.48 bits per heavy atom. The third-order valence-corrected chi connectivity index (χ3v) is 7.67. The number of pyridine rings is 1. The molecule has 0 bridgehead atoms. The summed E-state index contributed by atoms with van der Waals surface area (Å²) in [6.45, 7) is 0.897. The predicted octanol–water partition coefficient (Wildman–Crippen LogP) is 5.58. The molecule has 2 heterocycles. The monoisotopic (exact) mass is 564 g/mol. The number of piperidine rings is 1. The lowest BCUT2D eigenvalue weighted by molar-refractivity contribution is -0.141. The molecule has 1 saturated heterocycles. The van der Waals surface area contributed by atoms with Crippen LogP contribution in [0.5, 0.6) is 11.5 Å². The largest absolute Gasteiger partial charge is 0.497 e. The number of nitrogens with zero attached hydrogens (tertiary/aromatic N) is 2. The van der Waals surface area contributed by atoms with E-state index in [1.807, 2.05) is 4.90 Å². The number of carboxylic acids is 1. The van der Waals surface area contributed by atoms with Gasteiger partial charge in [0, 0.05) is 41.4 Å². The van der Waals surface area contributed by atoms with Crippen LogP contribution in [0.3, 0.4) is 0 Å². The zero-order chi connectivity index (χ0) is 28.9. The molecule has 0 amide bonds. The third-order valence-electron chi connectivity index (χ3n) is 7.67. The average molecular weight is 565 g/mol. The van der Waals surface area contributed by atoms with E-state index in [4.69, 9.17) is 9.47 Å². The minimum atomic E-state index is -1.46. The number of carboxylic acid groups (broad SMARTS) is 1. The van der Waals surface area contributed by atoms with Crippen molar-refractivity contribution in [1.82, 2.24) is 9.88 Å². The average Bonchev–Trinajstić information content (AvgIpc) is 2.92. The summed E-state index contributed by atoms with van der Waals surface area (Å²) in [6, 6.07) is 6.22. The van der Waals surface area contributed by atoms with Crippen LogP contribution in [0, 0.1) is 22.9 Å². The number of fused-ring (bicyclic) bond motifs is 1. The Bertz CT molecular complexity index is 1320. The fraction of sp³-hybridized carbons (Fsp3) is 0.448. The molecule has 0 saturated carbocycles. The molecular weight excluding hydrogens is 532 g/mol. The first-order valence-electron chi connectivity index (χ1n) is 13.1. The maximum atomic E-state index is 15.9. The molecule has 4 rings (SSSR count). The summed E-state index contributed by atoms with van der Waals surface area (Å²) >= 11 is 0. The number of rotatable bonds is 12. The van der Waals surface area contributed by atoms with Crippen LogP contribution in [0.15, 0.2) is 36.5 Å². The summed E-state index contributed by atoms with van der Waals surface area (Å²) in [5.74, 6) is -4.36. The molecule has 2 aromatic carbocycles. The minimum Gasteiger partial charge on any atom is -0.497 e. The quantitative estimate of drug-likeness (QED) is 0.278. The van der Waals surface area contributed by atoms with Gasteiger partial charge >= 0.3 is 5.97 Å². The van der Waals surface area contributed by atoms with Gasteiger partial charge in [-0.05, 0) is 62.4 Å². The van der Waals surface area contributed by atoms with Gasteiger partial charge in [-0.1, -0.05) is 0 Å². The van der Waals surface area contributed by atoms with Gasteiger partial charge in [-0.3, -0.25) is 14.7 Å². The third kappa shape index (κ3) is 6.82. The second-order valence-electron chi connectivity index (χ2n) is 10.2. The second-order valence-corrected chi connectivity index (χ2v) is 10.2. The first kappa shape index (κ1) is 29.5. The lowest BCUT2D eigenvalue weighted by Gasteiger charge is -2.41. The van der Waals surface area contributed by atoms with Crippen LogP contribution in [0.1, 0.15) is 49.4 Å². The SMILES string of the molecule is COc1ccc2ncc(CO)c([C@@H](F)CCC3(CC(=O)O)CCN(CCOc4c(F)cc(F)cc4F)CC3)c2c1.